The van der Waals surface area contributed by atoms with E-state index < -0.39 is 29.6 Å². The zero-order chi connectivity index (χ0) is 20.1. The second kappa shape index (κ2) is 6.53. The van der Waals surface area contributed by atoms with E-state index in [2.05, 4.69) is 5.16 Å². The standard InChI is InChI=1S/C22H13ClN2O4/c23-15-7-9-16(10-8-15)25-21(27)17-18(24-29-20(17)22(25)28)19(26)14-6-5-12-3-1-2-4-13(12)11-14/h1-11,17,20H/t17-,20-/m1/s1. The maximum absolute atomic E-state index is 13.1. The number of hydrogen-bond donors (Lipinski definition) is 0. The van der Waals surface area contributed by atoms with Gasteiger partial charge in [0.2, 0.25) is 17.8 Å². The number of carbonyl (C=O) groups is 3. The lowest BCUT2D eigenvalue weighted by molar-refractivity contribution is -0.126. The van der Waals surface area contributed by atoms with Crippen LogP contribution in [0.15, 0.2) is 71.9 Å². The molecule has 2 atom stereocenters. The fourth-order valence-corrected chi connectivity index (χ4v) is 3.82. The zero-order valence-electron chi connectivity index (χ0n) is 14.9. The SMILES string of the molecule is O=C(C1=NO[C@H]2C(=O)N(c3ccc(Cl)cc3)C(=O)[C@H]12)c1ccc2ccccc2c1. The molecule has 2 amide bonds. The fraction of sp³-hybridized carbons (Fsp3) is 0.0909. The smallest absolute Gasteiger partial charge is 0.278 e. The van der Waals surface area contributed by atoms with Gasteiger partial charge in [-0.1, -0.05) is 53.2 Å². The summed E-state index contributed by atoms with van der Waals surface area (Å²) in [6.07, 6.45) is -1.13. The van der Waals surface area contributed by atoms with Crippen LogP contribution in [-0.4, -0.2) is 29.4 Å². The van der Waals surface area contributed by atoms with Crippen LogP contribution in [0.3, 0.4) is 0 Å². The van der Waals surface area contributed by atoms with E-state index in [-0.39, 0.29) is 5.71 Å². The minimum absolute atomic E-state index is 0.0555. The Morgan fingerprint density at radius 3 is 2.41 bits per heavy atom. The van der Waals surface area contributed by atoms with Gasteiger partial charge in [0.15, 0.2) is 0 Å². The lowest BCUT2D eigenvalue weighted by Gasteiger charge is -2.15. The molecular formula is C22H13ClN2O4. The van der Waals surface area contributed by atoms with Gasteiger partial charge in [-0.2, -0.15) is 0 Å². The number of carbonyl (C=O) groups excluding carboxylic acids is 3. The Morgan fingerprint density at radius 2 is 1.66 bits per heavy atom. The van der Waals surface area contributed by atoms with Gasteiger partial charge in [-0.3, -0.25) is 14.4 Å². The van der Waals surface area contributed by atoms with Crippen LogP contribution in [0.25, 0.3) is 10.8 Å². The summed E-state index contributed by atoms with van der Waals surface area (Å²) < 4.78 is 0. The van der Waals surface area contributed by atoms with Crippen LogP contribution in [0, 0.1) is 5.92 Å². The van der Waals surface area contributed by atoms with Crippen LogP contribution in [0.4, 0.5) is 5.69 Å². The molecule has 3 aromatic rings. The van der Waals surface area contributed by atoms with E-state index in [0.717, 1.165) is 15.7 Å². The number of rotatable bonds is 3. The number of fused-ring (bicyclic) bond motifs is 2. The highest BCUT2D eigenvalue weighted by Gasteiger charge is 2.57. The maximum Gasteiger partial charge on any atom is 0.278 e. The number of anilines is 1. The highest BCUT2D eigenvalue weighted by Crippen LogP contribution is 2.34. The summed E-state index contributed by atoms with van der Waals surface area (Å²) in [5.41, 5.74) is 0.705. The summed E-state index contributed by atoms with van der Waals surface area (Å²) in [5.74, 6) is -2.57. The molecular weight excluding hydrogens is 392 g/mol. The van der Waals surface area contributed by atoms with Crippen LogP contribution < -0.4 is 4.90 Å². The second-order valence-electron chi connectivity index (χ2n) is 6.86. The van der Waals surface area contributed by atoms with Gasteiger partial charge in [0.25, 0.3) is 5.91 Å². The number of halogens is 1. The van der Waals surface area contributed by atoms with E-state index >= 15 is 0 Å². The first-order valence-electron chi connectivity index (χ1n) is 8.95. The normalized spacial score (nSPS) is 20.6. The Balaban J connectivity index is 1.48. The molecule has 2 heterocycles. The molecule has 0 spiro atoms. The van der Waals surface area contributed by atoms with E-state index in [4.69, 9.17) is 16.4 Å². The van der Waals surface area contributed by atoms with Crippen molar-refractivity contribution in [2.45, 2.75) is 6.10 Å². The van der Waals surface area contributed by atoms with Gasteiger partial charge in [-0.25, -0.2) is 4.90 Å². The molecule has 0 bridgehead atoms. The summed E-state index contributed by atoms with van der Waals surface area (Å²) in [5, 5.41) is 6.17. The highest BCUT2D eigenvalue weighted by molar-refractivity contribution is 6.52. The first-order chi connectivity index (χ1) is 14.0. The molecule has 6 nitrogen and oxygen atoms in total. The summed E-state index contributed by atoms with van der Waals surface area (Å²) in [7, 11) is 0. The third-order valence-corrected chi connectivity index (χ3v) is 5.39. The quantitative estimate of drug-likeness (QED) is 0.493. The Bertz CT molecular complexity index is 1220. The van der Waals surface area contributed by atoms with Crippen LogP contribution in [0.5, 0.6) is 0 Å². The average molecular weight is 405 g/mol. The van der Waals surface area contributed by atoms with E-state index in [1.165, 1.54) is 0 Å². The van der Waals surface area contributed by atoms with Crippen molar-refractivity contribution in [2.24, 2.45) is 11.1 Å². The van der Waals surface area contributed by atoms with Crippen molar-refractivity contribution >= 4 is 51.4 Å². The molecule has 2 aliphatic rings. The monoisotopic (exact) mass is 404 g/mol. The lowest BCUT2D eigenvalue weighted by Crippen LogP contribution is -2.34. The van der Waals surface area contributed by atoms with Crippen LogP contribution in [0.2, 0.25) is 5.02 Å². The number of amides is 2. The number of ketones is 1. The third kappa shape index (κ3) is 2.72. The average Bonchev–Trinajstić information content (AvgIpc) is 3.28. The van der Waals surface area contributed by atoms with Gasteiger partial charge in [0.05, 0.1) is 5.69 Å². The van der Waals surface area contributed by atoms with Crippen molar-refractivity contribution in [3.63, 3.8) is 0 Å². The minimum atomic E-state index is -1.13. The number of Topliss-reactive ketones (excluding diaryl/α,β-unsaturated/α-hetero) is 1. The summed E-state index contributed by atoms with van der Waals surface area (Å²) in [6.45, 7) is 0. The summed E-state index contributed by atoms with van der Waals surface area (Å²) >= 11 is 5.88. The molecule has 0 unspecified atom stereocenters. The Labute approximate surface area is 170 Å². The third-order valence-electron chi connectivity index (χ3n) is 5.14. The van der Waals surface area contributed by atoms with Crippen molar-refractivity contribution in [2.75, 3.05) is 4.90 Å². The van der Waals surface area contributed by atoms with Gasteiger partial charge in [0, 0.05) is 10.6 Å². The van der Waals surface area contributed by atoms with Crippen molar-refractivity contribution in [3.05, 3.63) is 77.3 Å². The van der Waals surface area contributed by atoms with Gasteiger partial charge in [-0.05, 0) is 41.1 Å². The molecule has 142 valence electrons. The van der Waals surface area contributed by atoms with Crippen molar-refractivity contribution in [1.82, 2.24) is 0 Å². The predicted octanol–water partition coefficient (Wildman–Crippen LogP) is 3.62. The molecule has 0 N–H and O–H groups in total. The van der Waals surface area contributed by atoms with Gasteiger partial charge in [0.1, 0.15) is 11.6 Å². The Kier molecular flexibility index (Phi) is 3.96. The number of imide groups is 1. The van der Waals surface area contributed by atoms with Crippen LogP contribution in [-0.2, 0) is 14.4 Å². The van der Waals surface area contributed by atoms with Gasteiger partial charge < -0.3 is 4.84 Å². The first kappa shape index (κ1) is 17.6. The largest absolute Gasteiger partial charge is 0.381 e. The molecule has 0 saturated carbocycles. The number of nitrogens with zero attached hydrogens (tertiary/aromatic N) is 2. The van der Waals surface area contributed by atoms with E-state index in [1.54, 1.807) is 36.4 Å². The minimum Gasteiger partial charge on any atom is -0.381 e. The molecule has 0 aliphatic carbocycles. The molecule has 0 aromatic heterocycles. The molecule has 5 rings (SSSR count). The number of hydrogen-bond acceptors (Lipinski definition) is 5. The summed E-state index contributed by atoms with van der Waals surface area (Å²) in [4.78, 5) is 45.0. The topological polar surface area (TPSA) is 76.0 Å². The highest BCUT2D eigenvalue weighted by atomic mass is 35.5. The number of oxime groups is 1. The molecule has 7 heteroatoms. The second-order valence-corrected chi connectivity index (χ2v) is 7.30. The fourth-order valence-electron chi connectivity index (χ4n) is 3.69. The molecule has 1 fully saturated rings. The molecule has 2 aliphatic heterocycles. The summed E-state index contributed by atoms with van der Waals surface area (Å²) in [6, 6.07) is 19.2. The predicted molar refractivity (Wildman–Crippen MR) is 108 cm³/mol. The van der Waals surface area contributed by atoms with Crippen molar-refractivity contribution < 1.29 is 19.2 Å². The first-order valence-corrected chi connectivity index (χ1v) is 9.33. The zero-order valence-corrected chi connectivity index (χ0v) is 15.7. The van der Waals surface area contributed by atoms with Gasteiger partial charge >= 0.3 is 0 Å². The Hall–Kier alpha value is -3.51. The van der Waals surface area contributed by atoms with Crippen molar-refractivity contribution in [3.8, 4) is 0 Å². The van der Waals surface area contributed by atoms with E-state index in [9.17, 15) is 14.4 Å². The molecule has 1 saturated heterocycles. The van der Waals surface area contributed by atoms with E-state index in [1.807, 2.05) is 30.3 Å². The number of benzene rings is 3. The Morgan fingerprint density at radius 1 is 0.931 bits per heavy atom. The van der Waals surface area contributed by atoms with E-state index in [0.29, 0.717) is 16.3 Å². The maximum atomic E-state index is 13.1. The van der Waals surface area contributed by atoms with Crippen LogP contribution >= 0.6 is 11.6 Å². The molecule has 3 aromatic carbocycles. The molecule has 0 radical (unpaired) electrons. The van der Waals surface area contributed by atoms with Crippen molar-refractivity contribution in [1.29, 1.82) is 0 Å². The lowest BCUT2D eigenvalue weighted by atomic mass is 9.92. The molecule has 29 heavy (non-hydrogen) atoms. The van der Waals surface area contributed by atoms with Gasteiger partial charge in [-0.15, -0.1) is 0 Å². The van der Waals surface area contributed by atoms with Crippen LogP contribution in [0.1, 0.15) is 10.4 Å².